The van der Waals surface area contributed by atoms with Gasteiger partial charge in [-0.05, 0) is 18.8 Å². The summed E-state index contributed by atoms with van der Waals surface area (Å²) >= 11 is 0. The highest BCUT2D eigenvalue weighted by Gasteiger charge is 1.98. The summed E-state index contributed by atoms with van der Waals surface area (Å²) in [6.07, 6.45) is 6.92. The number of rotatable bonds is 5. The van der Waals surface area contributed by atoms with Gasteiger partial charge >= 0.3 is 0 Å². The fourth-order valence-corrected chi connectivity index (χ4v) is 1.37. The van der Waals surface area contributed by atoms with Gasteiger partial charge in [-0.1, -0.05) is 31.9 Å². The topological polar surface area (TPSA) is 30.7 Å². The third-order valence-corrected chi connectivity index (χ3v) is 2.11. The van der Waals surface area contributed by atoms with E-state index in [1.807, 2.05) is 13.2 Å². The van der Waals surface area contributed by atoms with Crippen LogP contribution in [0.5, 0.6) is 0 Å². The van der Waals surface area contributed by atoms with Gasteiger partial charge in [0.2, 0.25) is 0 Å². The zero-order chi connectivity index (χ0) is 9.68. The van der Waals surface area contributed by atoms with E-state index in [4.69, 9.17) is 0 Å². The molecule has 0 unspecified atom stereocenters. The van der Waals surface area contributed by atoms with Gasteiger partial charge < -0.3 is 0 Å². The lowest BCUT2D eigenvalue weighted by molar-refractivity contribution is 0.536. The molecule has 0 N–H and O–H groups in total. The lowest BCUT2D eigenvalue weighted by atomic mass is 10.0. The van der Waals surface area contributed by atoms with E-state index in [0.717, 1.165) is 18.0 Å². The molecule has 0 radical (unpaired) electrons. The van der Waals surface area contributed by atoms with E-state index >= 15 is 0 Å². The molecule has 1 rings (SSSR count). The first-order valence-corrected chi connectivity index (χ1v) is 5.03. The monoisotopic (exact) mass is 181 g/mol. The second kappa shape index (κ2) is 5.00. The first-order chi connectivity index (χ1) is 6.18. The van der Waals surface area contributed by atoms with Crippen molar-refractivity contribution in [2.45, 2.75) is 39.5 Å². The van der Waals surface area contributed by atoms with Crippen LogP contribution in [0.1, 0.15) is 38.8 Å². The Labute approximate surface area is 80.1 Å². The van der Waals surface area contributed by atoms with Crippen LogP contribution in [0.25, 0.3) is 0 Å². The SMILES string of the molecule is CC(C)CCCCc1cn(C)nn1. The third kappa shape index (κ3) is 4.06. The normalized spacial score (nSPS) is 11.1. The van der Waals surface area contributed by atoms with Gasteiger partial charge in [-0.2, -0.15) is 0 Å². The van der Waals surface area contributed by atoms with Crippen molar-refractivity contribution < 1.29 is 0 Å². The number of hydrogen-bond acceptors (Lipinski definition) is 2. The maximum atomic E-state index is 4.05. The molecule has 0 amide bonds. The van der Waals surface area contributed by atoms with Gasteiger partial charge in [0.1, 0.15) is 0 Å². The van der Waals surface area contributed by atoms with Gasteiger partial charge in [0.25, 0.3) is 0 Å². The van der Waals surface area contributed by atoms with Gasteiger partial charge in [0.05, 0.1) is 5.69 Å². The smallest absolute Gasteiger partial charge is 0.0827 e. The molecule has 3 nitrogen and oxygen atoms in total. The van der Waals surface area contributed by atoms with Crippen molar-refractivity contribution in [2.24, 2.45) is 13.0 Å². The van der Waals surface area contributed by atoms with Gasteiger partial charge in [0.15, 0.2) is 0 Å². The van der Waals surface area contributed by atoms with Crippen molar-refractivity contribution in [3.63, 3.8) is 0 Å². The van der Waals surface area contributed by atoms with Crippen LogP contribution in [0.3, 0.4) is 0 Å². The Balaban J connectivity index is 2.13. The van der Waals surface area contributed by atoms with Crippen LogP contribution in [-0.2, 0) is 13.5 Å². The van der Waals surface area contributed by atoms with E-state index in [9.17, 15) is 0 Å². The van der Waals surface area contributed by atoms with Gasteiger partial charge in [-0.3, -0.25) is 4.68 Å². The second-order valence-electron chi connectivity index (χ2n) is 4.02. The van der Waals surface area contributed by atoms with Crippen LogP contribution in [0.15, 0.2) is 6.20 Å². The van der Waals surface area contributed by atoms with E-state index in [-0.39, 0.29) is 0 Å². The zero-order valence-electron chi connectivity index (χ0n) is 8.82. The number of nitrogens with zero attached hydrogens (tertiary/aromatic N) is 3. The van der Waals surface area contributed by atoms with Gasteiger partial charge in [-0.25, -0.2) is 0 Å². The summed E-state index contributed by atoms with van der Waals surface area (Å²) in [5.74, 6) is 0.821. The van der Waals surface area contributed by atoms with Crippen LogP contribution in [-0.4, -0.2) is 15.0 Å². The maximum Gasteiger partial charge on any atom is 0.0827 e. The molecule has 0 aliphatic carbocycles. The molecule has 1 aromatic rings. The van der Waals surface area contributed by atoms with Crippen LogP contribution < -0.4 is 0 Å². The van der Waals surface area contributed by atoms with E-state index < -0.39 is 0 Å². The van der Waals surface area contributed by atoms with Crippen molar-refractivity contribution >= 4 is 0 Å². The fraction of sp³-hybridized carbons (Fsp3) is 0.800. The van der Waals surface area contributed by atoms with E-state index in [2.05, 4.69) is 24.2 Å². The minimum absolute atomic E-state index is 0.821. The Kier molecular flexibility index (Phi) is 3.93. The molecular weight excluding hydrogens is 162 g/mol. The molecule has 0 aromatic carbocycles. The molecule has 1 heterocycles. The highest BCUT2D eigenvalue weighted by atomic mass is 15.4. The fourth-order valence-electron chi connectivity index (χ4n) is 1.37. The van der Waals surface area contributed by atoms with Crippen molar-refractivity contribution in [2.75, 3.05) is 0 Å². The summed E-state index contributed by atoms with van der Waals surface area (Å²) in [7, 11) is 1.91. The molecule has 0 spiro atoms. The second-order valence-corrected chi connectivity index (χ2v) is 4.02. The Morgan fingerprint density at radius 2 is 2.15 bits per heavy atom. The molecular formula is C10H19N3. The summed E-state index contributed by atoms with van der Waals surface area (Å²) in [6, 6.07) is 0. The summed E-state index contributed by atoms with van der Waals surface area (Å²) in [6.45, 7) is 4.53. The molecule has 74 valence electrons. The lowest BCUT2D eigenvalue weighted by Crippen LogP contribution is -1.90. The van der Waals surface area contributed by atoms with E-state index in [0.29, 0.717) is 0 Å². The highest BCUT2D eigenvalue weighted by molar-refractivity contribution is 4.91. The van der Waals surface area contributed by atoms with Crippen LogP contribution in [0.4, 0.5) is 0 Å². The van der Waals surface area contributed by atoms with E-state index in [1.54, 1.807) is 4.68 Å². The molecule has 0 bridgehead atoms. The van der Waals surface area contributed by atoms with Crippen molar-refractivity contribution in [1.82, 2.24) is 15.0 Å². The minimum atomic E-state index is 0.821. The zero-order valence-corrected chi connectivity index (χ0v) is 8.82. The quantitative estimate of drug-likeness (QED) is 0.652. The summed E-state index contributed by atoms with van der Waals surface area (Å²) < 4.78 is 1.76. The highest BCUT2D eigenvalue weighted by Crippen LogP contribution is 2.08. The van der Waals surface area contributed by atoms with Gasteiger partial charge in [-0.15, -0.1) is 5.10 Å². The molecule has 0 saturated heterocycles. The molecule has 1 aromatic heterocycles. The summed E-state index contributed by atoms with van der Waals surface area (Å²) in [5.41, 5.74) is 1.12. The Morgan fingerprint density at radius 3 is 2.69 bits per heavy atom. The molecule has 0 aliphatic rings. The average Bonchev–Trinajstić information content (AvgIpc) is 2.45. The molecule has 13 heavy (non-hydrogen) atoms. The van der Waals surface area contributed by atoms with Crippen LogP contribution in [0.2, 0.25) is 0 Å². The average molecular weight is 181 g/mol. The predicted octanol–water partition coefficient (Wildman–Crippen LogP) is 2.18. The van der Waals surface area contributed by atoms with Crippen LogP contribution in [0, 0.1) is 5.92 Å². The Bertz CT molecular complexity index is 240. The summed E-state index contributed by atoms with van der Waals surface area (Å²) in [5, 5.41) is 7.94. The Morgan fingerprint density at radius 1 is 1.38 bits per heavy atom. The number of hydrogen-bond donors (Lipinski definition) is 0. The minimum Gasteiger partial charge on any atom is -0.255 e. The molecule has 0 atom stereocenters. The largest absolute Gasteiger partial charge is 0.255 e. The van der Waals surface area contributed by atoms with Crippen LogP contribution >= 0.6 is 0 Å². The van der Waals surface area contributed by atoms with Crippen molar-refractivity contribution in [3.05, 3.63) is 11.9 Å². The number of unbranched alkanes of at least 4 members (excludes halogenated alkanes) is 1. The number of aryl methyl sites for hydroxylation is 2. The first-order valence-electron chi connectivity index (χ1n) is 5.03. The standard InChI is InChI=1S/C10H19N3/c1-9(2)6-4-5-7-10-8-13(3)12-11-10/h8-9H,4-7H2,1-3H3. The Hall–Kier alpha value is -0.860. The molecule has 0 saturated carbocycles. The van der Waals surface area contributed by atoms with Crippen molar-refractivity contribution in [3.8, 4) is 0 Å². The summed E-state index contributed by atoms with van der Waals surface area (Å²) in [4.78, 5) is 0. The van der Waals surface area contributed by atoms with Crippen molar-refractivity contribution in [1.29, 1.82) is 0 Å². The number of aromatic nitrogens is 3. The molecule has 0 aliphatic heterocycles. The lowest BCUT2D eigenvalue weighted by Gasteiger charge is -2.01. The predicted molar refractivity (Wildman–Crippen MR) is 53.4 cm³/mol. The molecule has 3 heteroatoms. The van der Waals surface area contributed by atoms with E-state index in [1.165, 1.54) is 19.3 Å². The first kappa shape index (κ1) is 10.2. The maximum absolute atomic E-state index is 4.05. The third-order valence-electron chi connectivity index (χ3n) is 2.11. The molecule has 0 fully saturated rings. The van der Waals surface area contributed by atoms with Gasteiger partial charge in [0, 0.05) is 13.2 Å².